The van der Waals surface area contributed by atoms with Crippen LogP contribution in [-0.4, -0.2) is 19.6 Å². The zero-order valence-electron chi connectivity index (χ0n) is 10.5. The number of benzene rings is 1. The Balaban J connectivity index is 2.29. The standard InChI is InChI=1S/C11H10N4O4S2/c12-21(18,19)9-3-4-10(11(6-9)15(16)17)14-13-7-8-2-1-5-20-8/h1-7,14H,(H2,12,18,19)/b13-7+. The largest absolute Gasteiger partial charge is 0.295 e. The first-order valence-electron chi connectivity index (χ1n) is 5.52. The van der Waals surface area contributed by atoms with Gasteiger partial charge in [0.25, 0.3) is 5.69 Å². The average Bonchev–Trinajstić information content (AvgIpc) is 2.90. The number of hydrazone groups is 1. The number of nitrogens with zero attached hydrogens (tertiary/aromatic N) is 2. The molecule has 0 aliphatic carbocycles. The second-order valence-corrected chi connectivity index (χ2v) is 6.41. The van der Waals surface area contributed by atoms with E-state index in [1.807, 2.05) is 17.5 Å². The Morgan fingerprint density at radius 1 is 1.38 bits per heavy atom. The lowest BCUT2D eigenvalue weighted by Crippen LogP contribution is -2.12. The third-order valence-electron chi connectivity index (χ3n) is 2.41. The fourth-order valence-corrected chi connectivity index (χ4v) is 2.58. The molecule has 10 heteroatoms. The summed E-state index contributed by atoms with van der Waals surface area (Å²) in [6.45, 7) is 0. The lowest BCUT2D eigenvalue weighted by atomic mass is 10.3. The maximum absolute atomic E-state index is 11.2. The minimum atomic E-state index is -4.00. The molecular formula is C11H10N4O4S2. The van der Waals surface area contributed by atoms with E-state index in [4.69, 9.17) is 5.14 Å². The van der Waals surface area contributed by atoms with Crippen molar-refractivity contribution in [2.24, 2.45) is 10.2 Å². The molecule has 0 bridgehead atoms. The first-order chi connectivity index (χ1) is 9.88. The van der Waals surface area contributed by atoms with E-state index in [2.05, 4.69) is 10.5 Å². The Hall–Kier alpha value is -2.30. The van der Waals surface area contributed by atoms with Gasteiger partial charge in [0.15, 0.2) is 0 Å². The van der Waals surface area contributed by atoms with Crippen LogP contribution in [0.4, 0.5) is 11.4 Å². The second kappa shape index (κ2) is 5.99. The van der Waals surface area contributed by atoms with E-state index in [1.54, 1.807) is 0 Å². The molecule has 2 aromatic rings. The van der Waals surface area contributed by atoms with Crippen LogP contribution in [0.5, 0.6) is 0 Å². The summed E-state index contributed by atoms with van der Waals surface area (Å²) in [6.07, 6.45) is 1.50. The highest BCUT2D eigenvalue weighted by atomic mass is 32.2. The first-order valence-corrected chi connectivity index (χ1v) is 7.94. The van der Waals surface area contributed by atoms with Crippen molar-refractivity contribution >= 4 is 38.9 Å². The molecule has 0 atom stereocenters. The topological polar surface area (TPSA) is 128 Å². The maximum atomic E-state index is 11.2. The van der Waals surface area contributed by atoms with Crippen molar-refractivity contribution in [1.82, 2.24) is 0 Å². The summed E-state index contributed by atoms with van der Waals surface area (Å²) < 4.78 is 22.4. The third-order valence-corrected chi connectivity index (χ3v) is 4.13. The zero-order valence-corrected chi connectivity index (χ0v) is 12.1. The predicted molar refractivity (Wildman–Crippen MR) is 80.0 cm³/mol. The Bertz CT molecular complexity index is 785. The Morgan fingerprint density at radius 3 is 2.71 bits per heavy atom. The van der Waals surface area contributed by atoms with E-state index in [9.17, 15) is 18.5 Å². The molecule has 1 heterocycles. The van der Waals surface area contributed by atoms with E-state index in [0.29, 0.717) is 0 Å². The monoisotopic (exact) mass is 326 g/mol. The Labute approximate surface area is 124 Å². The van der Waals surface area contributed by atoms with Crippen molar-refractivity contribution in [3.05, 3.63) is 50.7 Å². The van der Waals surface area contributed by atoms with E-state index >= 15 is 0 Å². The van der Waals surface area contributed by atoms with Gasteiger partial charge in [0.2, 0.25) is 10.0 Å². The summed E-state index contributed by atoms with van der Waals surface area (Å²) in [7, 11) is -4.00. The van der Waals surface area contributed by atoms with Crippen LogP contribution in [0, 0.1) is 10.1 Å². The van der Waals surface area contributed by atoms with Crippen LogP contribution in [0.25, 0.3) is 0 Å². The van der Waals surface area contributed by atoms with Gasteiger partial charge in [0.1, 0.15) is 5.69 Å². The molecule has 0 fully saturated rings. The SMILES string of the molecule is NS(=O)(=O)c1ccc(N/N=C/c2cccs2)c([N+](=O)[O-])c1. The van der Waals surface area contributed by atoms with Crippen LogP contribution in [0.15, 0.2) is 45.7 Å². The molecule has 0 aliphatic heterocycles. The summed E-state index contributed by atoms with van der Waals surface area (Å²) in [4.78, 5) is 10.8. The smallest absolute Gasteiger partial charge is 0.272 e. The van der Waals surface area contributed by atoms with Gasteiger partial charge in [-0.1, -0.05) is 6.07 Å². The minimum Gasteiger partial charge on any atom is -0.272 e. The van der Waals surface area contributed by atoms with Gasteiger partial charge in [-0.3, -0.25) is 15.5 Å². The molecular weight excluding hydrogens is 316 g/mol. The average molecular weight is 326 g/mol. The van der Waals surface area contributed by atoms with Crippen molar-refractivity contribution in [1.29, 1.82) is 0 Å². The predicted octanol–water partition coefficient (Wildman–Crippen LogP) is 1.75. The van der Waals surface area contributed by atoms with E-state index < -0.39 is 20.6 Å². The Kier molecular flexibility index (Phi) is 4.31. The first kappa shape index (κ1) is 15.1. The number of thiophene rings is 1. The molecule has 110 valence electrons. The number of primary sulfonamides is 1. The molecule has 0 unspecified atom stereocenters. The van der Waals surface area contributed by atoms with Crippen molar-refractivity contribution in [3.63, 3.8) is 0 Å². The lowest BCUT2D eigenvalue weighted by Gasteiger charge is -2.04. The van der Waals surface area contributed by atoms with E-state index in [-0.39, 0.29) is 10.6 Å². The van der Waals surface area contributed by atoms with Crippen LogP contribution >= 0.6 is 11.3 Å². The zero-order chi connectivity index (χ0) is 15.5. The molecule has 1 aromatic carbocycles. The van der Waals surface area contributed by atoms with E-state index in [1.165, 1.54) is 29.7 Å². The number of nitrogens with one attached hydrogen (secondary N) is 1. The highest BCUT2D eigenvalue weighted by molar-refractivity contribution is 7.89. The molecule has 0 saturated heterocycles. The number of anilines is 1. The van der Waals surface area contributed by atoms with Crippen molar-refractivity contribution in [2.45, 2.75) is 4.90 Å². The third kappa shape index (κ3) is 3.84. The number of nitro groups is 1. The van der Waals surface area contributed by atoms with Crippen LogP contribution in [0.1, 0.15) is 4.88 Å². The van der Waals surface area contributed by atoms with Gasteiger partial charge in [-0.25, -0.2) is 13.6 Å². The van der Waals surface area contributed by atoms with Crippen LogP contribution in [-0.2, 0) is 10.0 Å². The number of hydrogen-bond acceptors (Lipinski definition) is 7. The normalized spacial score (nSPS) is 11.7. The molecule has 0 amide bonds. The van der Waals surface area contributed by atoms with E-state index in [0.717, 1.165) is 10.9 Å². The molecule has 0 saturated carbocycles. The Morgan fingerprint density at radius 2 is 2.14 bits per heavy atom. The molecule has 0 spiro atoms. The summed E-state index contributed by atoms with van der Waals surface area (Å²) in [5.41, 5.74) is 2.15. The number of nitro benzene ring substituents is 1. The van der Waals surface area contributed by atoms with Gasteiger partial charge < -0.3 is 0 Å². The molecule has 2 rings (SSSR count). The molecule has 0 radical (unpaired) electrons. The van der Waals surface area contributed by atoms with Crippen LogP contribution in [0.2, 0.25) is 0 Å². The fourth-order valence-electron chi connectivity index (χ4n) is 1.46. The van der Waals surface area contributed by atoms with Crippen molar-refractivity contribution < 1.29 is 13.3 Å². The van der Waals surface area contributed by atoms with Gasteiger partial charge in [0, 0.05) is 10.9 Å². The maximum Gasteiger partial charge on any atom is 0.295 e. The number of hydrogen-bond donors (Lipinski definition) is 2. The van der Waals surface area contributed by atoms with Gasteiger partial charge in [-0.2, -0.15) is 5.10 Å². The molecule has 0 aliphatic rings. The van der Waals surface area contributed by atoms with Gasteiger partial charge >= 0.3 is 0 Å². The molecule has 1 aromatic heterocycles. The van der Waals surface area contributed by atoms with Crippen molar-refractivity contribution in [3.8, 4) is 0 Å². The lowest BCUT2D eigenvalue weighted by molar-refractivity contribution is -0.384. The molecule has 21 heavy (non-hydrogen) atoms. The van der Waals surface area contributed by atoms with Crippen molar-refractivity contribution in [2.75, 3.05) is 5.43 Å². The second-order valence-electron chi connectivity index (χ2n) is 3.87. The van der Waals surface area contributed by atoms with Crippen LogP contribution in [0.3, 0.4) is 0 Å². The highest BCUT2D eigenvalue weighted by Crippen LogP contribution is 2.27. The fraction of sp³-hybridized carbons (Fsp3) is 0. The van der Waals surface area contributed by atoms with Gasteiger partial charge in [-0.15, -0.1) is 11.3 Å². The number of rotatable bonds is 5. The van der Waals surface area contributed by atoms with Gasteiger partial charge in [0.05, 0.1) is 16.0 Å². The molecule has 8 nitrogen and oxygen atoms in total. The van der Waals surface area contributed by atoms with Crippen LogP contribution < -0.4 is 10.6 Å². The number of sulfonamides is 1. The summed E-state index contributed by atoms with van der Waals surface area (Å²) >= 11 is 1.46. The summed E-state index contributed by atoms with van der Waals surface area (Å²) in [5.74, 6) is 0. The van der Waals surface area contributed by atoms with Gasteiger partial charge in [-0.05, 0) is 23.6 Å². The minimum absolute atomic E-state index is 0.0696. The highest BCUT2D eigenvalue weighted by Gasteiger charge is 2.18. The quantitative estimate of drug-likeness (QED) is 0.491. The molecule has 3 N–H and O–H groups in total. The summed E-state index contributed by atoms with van der Waals surface area (Å²) in [5, 5.41) is 21.6. The number of nitrogens with two attached hydrogens (primary N) is 1. The summed E-state index contributed by atoms with van der Waals surface area (Å²) in [6, 6.07) is 6.97.